The monoisotopic (exact) mass is 229 g/mol. The standard InChI is InChI=1S/C12H23NO3/c1-3-16-12(15)13-8-6-11(7-9-13)5-4-10(2)14/h10-11,14H,3-9H2,1-2H3. The van der Waals surface area contributed by atoms with Crippen LogP contribution < -0.4 is 0 Å². The highest BCUT2D eigenvalue weighted by molar-refractivity contribution is 5.67. The molecule has 16 heavy (non-hydrogen) atoms. The highest BCUT2D eigenvalue weighted by Crippen LogP contribution is 2.22. The first-order valence-corrected chi connectivity index (χ1v) is 6.23. The van der Waals surface area contributed by atoms with Crippen LogP contribution in [0.25, 0.3) is 0 Å². The molecule has 0 aromatic rings. The first-order valence-electron chi connectivity index (χ1n) is 6.23. The first-order chi connectivity index (χ1) is 7.63. The van der Waals surface area contributed by atoms with Crippen molar-refractivity contribution in [3.63, 3.8) is 0 Å². The highest BCUT2D eigenvalue weighted by Gasteiger charge is 2.23. The maximum atomic E-state index is 11.4. The first kappa shape index (κ1) is 13.3. The maximum absolute atomic E-state index is 11.4. The fourth-order valence-corrected chi connectivity index (χ4v) is 2.10. The van der Waals surface area contributed by atoms with Crippen LogP contribution in [-0.2, 0) is 4.74 Å². The van der Waals surface area contributed by atoms with Gasteiger partial charge in [0.05, 0.1) is 12.7 Å². The van der Waals surface area contributed by atoms with Crippen LogP contribution in [0.2, 0.25) is 0 Å². The van der Waals surface area contributed by atoms with Crippen molar-refractivity contribution in [2.45, 2.75) is 45.6 Å². The van der Waals surface area contributed by atoms with Gasteiger partial charge in [0.2, 0.25) is 0 Å². The number of aliphatic hydroxyl groups excluding tert-OH is 1. The maximum Gasteiger partial charge on any atom is 0.409 e. The Bertz CT molecular complexity index is 210. The van der Waals surface area contributed by atoms with Gasteiger partial charge in [-0.25, -0.2) is 4.79 Å². The lowest BCUT2D eigenvalue weighted by atomic mass is 9.91. The average Bonchev–Trinajstić information content (AvgIpc) is 2.27. The fourth-order valence-electron chi connectivity index (χ4n) is 2.10. The van der Waals surface area contributed by atoms with Crippen molar-refractivity contribution >= 4 is 6.09 Å². The van der Waals surface area contributed by atoms with Gasteiger partial charge in [-0.3, -0.25) is 0 Å². The third-order valence-corrected chi connectivity index (χ3v) is 3.13. The molecule has 0 radical (unpaired) electrons. The number of rotatable bonds is 4. The molecule has 1 unspecified atom stereocenters. The molecule has 1 atom stereocenters. The Morgan fingerprint density at radius 2 is 2.12 bits per heavy atom. The van der Waals surface area contributed by atoms with Crippen molar-refractivity contribution in [3.8, 4) is 0 Å². The molecule has 1 amide bonds. The summed E-state index contributed by atoms with van der Waals surface area (Å²) in [4.78, 5) is 13.2. The van der Waals surface area contributed by atoms with Crippen molar-refractivity contribution in [2.75, 3.05) is 19.7 Å². The van der Waals surface area contributed by atoms with Crippen LogP contribution in [0.3, 0.4) is 0 Å². The molecule has 0 aromatic carbocycles. The number of hydrogen-bond acceptors (Lipinski definition) is 3. The van der Waals surface area contributed by atoms with E-state index in [4.69, 9.17) is 4.74 Å². The van der Waals surface area contributed by atoms with Crippen LogP contribution in [-0.4, -0.2) is 41.9 Å². The molecule has 1 rings (SSSR count). The second-order valence-electron chi connectivity index (χ2n) is 4.56. The van der Waals surface area contributed by atoms with Crippen molar-refractivity contribution in [2.24, 2.45) is 5.92 Å². The lowest BCUT2D eigenvalue weighted by Crippen LogP contribution is -2.38. The summed E-state index contributed by atoms with van der Waals surface area (Å²) in [5.41, 5.74) is 0. The number of nitrogens with zero attached hydrogens (tertiary/aromatic N) is 1. The summed E-state index contributed by atoms with van der Waals surface area (Å²) >= 11 is 0. The molecule has 0 aromatic heterocycles. The largest absolute Gasteiger partial charge is 0.450 e. The van der Waals surface area contributed by atoms with E-state index in [-0.39, 0.29) is 12.2 Å². The molecule has 1 N–H and O–H groups in total. The van der Waals surface area contributed by atoms with E-state index in [1.54, 1.807) is 4.90 Å². The Kier molecular flexibility index (Phi) is 5.60. The van der Waals surface area contributed by atoms with Gasteiger partial charge in [-0.05, 0) is 45.4 Å². The number of carbonyl (C=O) groups is 1. The zero-order valence-electron chi connectivity index (χ0n) is 10.3. The Morgan fingerprint density at radius 1 is 1.50 bits per heavy atom. The molecule has 1 saturated heterocycles. The number of aliphatic hydroxyl groups is 1. The van der Waals surface area contributed by atoms with Gasteiger partial charge in [-0.2, -0.15) is 0 Å². The molecule has 0 saturated carbocycles. The van der Waals surface area contributed by atoms with Crippen LogP contribution in [0.5, 0.6) is 0 Å². The molecule has 0 bridgehead atoms. The van der Waals surface area contributed by atoms with Gasteiger partial charge in [0.25, 0.3) is 0 Å². The molecule has 0 aliphatic carbocycles. The van der Waals surface area contributed by atoms with Gasteiger partial charge in [-0.15, -0.1) is 0 Å². The minimum Gasteiger partial charge on any atom is -0.450 e. The van der Waals surface area contributed by atoms with E-state index in [1.165, 1.54) is 0 Å². The molecule has 0 spiro atoms. The van der Waals surface area contributed by atoms with Gasteiger partial charge in [0.15, 0.2) is 0 Å². The fraction of sp³-hybridized carbons (Fsp3) is 0.917. The van der Waals surface area contributed by atoms with Crippen LogP contribution >= 0.6 is 0 Å². The number of hydrogen-bond donors (Lipinski definition) is 1. The Labute approximate surface area is 97.6 Å². The predicted molar refractivity (Wildman–Crippen MR) is 62.2 cm³/mol. The van der Waals surface area contributed by atoms with Gasteiger partial charge >= 0.3 is 6.09 Å². The average molecular weight is 229 g/mol. The second-order valence-corrected chi connectivity index (χ2v) is 4.56. The van der Waals surface area contributed by atoms with Gasteiger partial charge < -0.3 is 14.7 Å². The Balaban J connectivity index is 2.20. The number of ether oxygens (including phenoxy) is 1. The van der Waals surface area contributed by atoms with Crippen LogP contribution in [0.4, 0.5) is 4.79 Å². The number of amides is 1. The molecule has 1 aliphatic rings. The molecule has 1 heterocycles. The summed E-state index contributed by atoms with van der Waals surface area (Å²) in [6, 6.07) is 0. The number of likely N-dealkylation sites (tertiary alicyclic amines) is 1. The van der Waals surface area contributed by atoms with Crippen molar-refractivity contribution in [1.29, 1.82) is 0 Å². The summed E-state index contributed by atoms with van der Waals surface area (Å²) in [7, 11) is 0. The zero-order chi connectivity index (χ0) is 12.0. The van der Waals surface area contributed by atoms with E-state index < -0.39 is 0 Å². The molecule has 4 nitrogen and oxygen atoms in total. The Hall–Kier alpha value is -0.770. The van der Waals surface area contributed by atoms with Gasteiger partial charge in [-0.1, -0.05) is 0 Å². The summed E-state index contributed by atoms with van der Waals surface area (Å²) in [6.45, 7) is 5.69. The molecular weight excluding hydrogens is 206 g/mol. The molecule has 94 valence electrons. The quantitative estimate of drug-likeness (QED) is 0.802. The third-order valence-electron chi connectivity index (χ3n) is 3.13. The molecule has 4 heteroatoms. The lowest BCUT2D eigenvalue weighted by molar-refractivity contribution is 0.0879. The predicted octanol–water partition coefficient (Wildman–Crippen LogP) is 2.02. The van der Waals surface area contributed by atoms with E-state index in [9.17, 15) is 9.90 Å². The highest BCUT2D eigenvalue weighted by atomic mass is 16.6. The van der Waals surface area contributed by atoms with E-state index in [0.29, 0.717) is 12.5 Å². The third kappa shape index (κ3) is 4.39. The van der Waals surface area contributed by atoms with Crippen LogP contribution in [0.1, 0.15) is 39.5 Å². The van der Waals surface area contributed by atoms with Crippen molar-refractivity contribution in [3.05, 3.63) is 0 Å². The minimum absolute atomic E-state index is 0.184. The zero-order valence-corrected chi connectivity index (χ0v) is 10.3. The van der Waals surface area contributed by atoms with E-state index in [2.05, 4.69) is 0 Å². The van der Waals surface area contributed by atoms with E-state index in [0.717, 1.165) is 38.8 Å². The summed E-state index contributed by atoms with van der Waals surface area (Å²) in [5, 5.41) is 9.21. The molecular formula is C12H23NO3. The van der Waals surface area contributed by atoms with Gasteiger partial charge in [0, 0.05) is 13.1 Å². The van der Waals surface area contributed by atoms with Gasteiger partial charge in [0.1, 0.15) is 0 Å². The number of carbonyl (C=O) groups excluding carboxylic acids is 1. The SMILES string of the molecule is CCOC(=O)N1CCC(CCC(C)O)CC1. The van der Waals surface area contributed by atoms with Crippen LogP contribution in [0.15, 0.2) is 0 Å². The minimum atomic E-state index is -0.205. The summed E-state index contributed by atoms with van der Waals surface area (Å²) < 4.78 is 4.96. The molecule has 1 aliphatic heterocycles. The smallest absolute Gasteiger partial charge is 0.409 e. The summed E-state index contributed by atoms with van der Waals surface area (Å²) in [5.74, 6) is 0.653. The normalized spacial score (nSPS) is 19.6. The van der Waals surface area contributed by atoms with Crippen LogP contribution in [0, 0.1) is 5.92 Å². The second kappa shape index (κ2) is 6.74. The number of piperidine rings is 1. The van der Waals surface area contributed by atoms with E-state index >= 15 is 0 Å². The Morgan fingerprint density at radius 3 is 2.62 bits per heavy atom. The summed E-state index contributed by atoms with van der Waals surface area (Å²) in [6.07, 6.45) is 3.61. The van der Waals surface area contributed by atoms with Crippen molar-refractivity contribution < 1.29 is 14.6 Å². The topological polar surface area (TPSA) is 49.8 Å². The van der Waals surface area contributed by atoms with Crippen molar-refractivity contribution in [1.82, 2.24) is 4.90 Å². The lowest BCUT2D eigenvalue weighted by Gasteiger charge is -2.31. The molecule has 1 fully saturated rings. The van der Waals surface area contributed by atoms with E-state index in [1.807, 2.05) is 13.8 Å².